The van der Waals surface area contributed by atoms with Crippen LogP contribution >= 0.6 is 0 Å². The molecule has 1 aromatic carbocycles. The van der Waals surface area contributed by atoms with E-state index in [9.17, 15) is 19.7 Å². The summed E-state index contributed by atoms with van der Waals surface area (Å²) in [6, 6.07) is 4.53. The summed E-state index contributed by atoms with van der Waals surface area (Å²) in [6.45, 7) is 3.41. The van der Waals surface area contributed by atoms with E-state index in [-0.39, 0.29) is 30.5 Å². The summed E-state index contributed by atoms with van der Waals surface area (Å²) in [5, 5.41) is 22.2. The number of hydrogen-bond donors (Lipinski definition) is 2. The minimum Gasteiger partial charge on any atom is -0.481 e. The molecule has 0 aliphatic carbocycles. The predicted molar refractivity (Wildman–Crippen MR) is 80.5 cm³/mol. The fourth-order valence-electron chi connectivity index (χ4n) is 2.05. The van der Waals surface area contributed by atoms with E-state index in [4.69, 9.17) is 5.11 Å². The van der Waals surface area contributed by atoms with Gasteiger partial charge in [-0.3, -0.25) is 19.7 Å². The van der Waals surface area contributed by atoms with Crippen LogP contribution in [-0.2, 0) is 9.59 Å². The molecule has 1 atom stereocenters. The van der Waals surface area contributed by atoms with Crippen LogP contribution in [0.15, 0.2) is 18.2 Å². The van der Waals surface area contributed by atoms with Gasteiger partial charge >= 0.3 is 5.97 Å². The SMILES string of the molecule is Cc1ccc(C(C)NC(=O)CCCCC(=O)O)cc1[N+](=O)[O-]. The minimum atomic E-state index is -0.874. The molecule has 1 aromatic rings. The number of carbonyl (C=O) groups excluding carboxylic acids is 1. The lowest BCUT2D eigenvalue weighted by atomic mass is 10.0. The maximum Gasteiger partial charge on any atom is 0.303 e. The number of nitro groups is 1. The van der Waals surface area contributed by atoms with E-state index in [1.807, 2.05) is 0 Å². The van der Waals surface area contributed by atoms with Crippen LogP contribution in [0.1, 0.15) is 49.8 Å². The van der Waals surface area contributed by atoms with Crippen molar-refractivity contribution in [3.8, 4) is 0 Å². The second kappa shape index (κ2) is 8.11. The Balaban J connectivity index is 2.56. The number of nitrogens with one attached hydrogen (secondary N) is 1. The fraction of sp³-hybridized carbons (Fsp3) is 0.467. The van der Waals surface area contributed by atoms with Gasteiger partial charge in [0.25, 0.3) is 5.69 Å². The third kappa shape index (κ3) is 5.51. The quantitative estimate of drug-likeness (QED) is 0.436. The van der Waals surface area contributed by atoms with Gasteiger partial charge in [-0.25, -0.2) is 0 Å². The number of nitrogens with zero attached hydrogens (tertiary/aromatic N) is 1. The molecule has 1 amide bonds. The molecule has 1 rings (SSSR count). The number of amides is 1. The topological polar surface area (TPSA) is 110 Å². The number of carboxylic acids is 1. The standard InChI is InChI=1S/C15H20N2O5/c1-10-7-8-12(9-13(10)17(21)22)11(2)16-14(18)5-3-4-6-15(19)20/h7-9,11H,3-6H2,1-2H3,(H,16,18)(H,19,20). The molecule has 7 nitrogen and oxygen atoms in total. The normalized spacial score (nSPS) is 11.7. The van der Waals surface area contributed by atoms with Crippen molar-refractivity contribution in [2.24, 2.45) is 0 Å². The smallest absolute Gasteiger partial charge is 0.303 e. The predicted octanol–water partition coefficient (Wildman–Crippen LogP) is 2.73. The van der Waals surface area contributed by atoms with Crippen LogP contribution in [0, 0.1) is 17.0 Å². The number of aliphatic carboxylic acids is 1. The van der Waals surface area contributed by atoms with Crippen LogP contribution in [0.2, 0.25) is 0 Å². The Labute approximate surface area is 128 Å². The van der Waals surface area contributed by atoms with Gasteiger partial charge in [0, 0.05) is 24.5 Å². The molecule has 0 radical (unpaired) electrons. The van der Waals surface area contributed by atoms with Gasteiger partial charge in [0.1, 0.15) is 0 Å². The monoisotopic (exact) mass is 308 g/mol. The molecular formula is C15H20N2O5. The van der Waals surface area contributed by atoms with E-state index in [0.29, 0.717) is 24.0 Å². The van der Waals surface area contributed by atoms with Crippen LogP contribution in [0.5, 0.6) is 0 Å². The number of nitro benzene ring substituents is 1. The molecule has 2 N–H and O–H groups in total. The first-order chi connectivity index (χ1) is 10.3. The van der Waals surface area contributed by atoms with Crippen molar-refractivity contribution in [1.29, 1.82) is 0 Å². The van der Waals surface area contributed by atoms with Crippen LogP contribution in [-0.4, -0.2) is 21.9 Å². The molecule has 120 valence electrons. The molecule has 7 heteroatoms. The number of carboxylic acid groups (broad SMARTS) is 1. The third-order valence-electron chi connectivity index (χ3n) is 3.35. The summed E-state index contributed by atoms with van der Waals surface area (Å²) in [4.78, 5) is 32.6. The zero-order chi connectivity index (χ0) is 16.7. The summed E-state index contributed by atoms with van der Waals surface area (Å²) in [5.41, 5.74) is 1.26. The first kappa shape index (κ1) is 17.6. The maximum absolute atomic E-state index is 11.8. The van der Waals surface area contributed by atoms with Gasteiger partial charge < -0.3 is 10.4 Å². The third-order valence-corrected chi connectivity index (χ3v) is 3.35. The largest absolute Gasteiger partial charge is 0.481 e. The fourth-order valence-corrected chi connectivity index (χ4v) is 2.05. The molecule has 0 spiro atoms. The lowest BCUT2D eigenvalue weighted by Gasteiger charge is -2.14. The Hall–Kier alpha value is -2.44. The summed E-state index contributed by atoms with van der Waals surface area (Å²) < 4.78 is 0. The first-order valence-corrected chi connectivity index (χ1v) is 7.07. The Morgan fingerprint density at radius 1 is 1.32 bits per heavy atom. The summed E-state index contributed by atoms with van der Waals surface area (Å²) in [7, 11) is 0. The summed E-state index contributed by atoms with van der Waals surface area (Å²) in [6.07, 6.45) is 1.24. The van der Waals surface area contributed by atoms with Crippen molar-refractivity contribution in [2.75, 3.05) is 0 Å². The van der Waals surface area contributed by atoms with Gasteiger partial charge in [-0.05, 0) is 32.3 Å². The molecule has 0 bridgehead atoms. The molecule has 0 aliphatic heterocycles. The molecule has 0 saturated heterocycles. The Morgan fingerprint density at radius 3 is 2.55 bits per heavy atom. The maximum atomic E-state index is 11.8. The highest BCUT2D eigenvalue weighted by molar-refractivity contribution is 5.76. The number of carbonyl (C=O) groups is 2. The highest BCUT2D eigenvalue weighted by atomic mass is 16.6. The van der Waals surface area contributed by atoms with E-state index < -0.39 is 10.9 Å². The Morgan fingerprint density at radius 2 is 1.95 bits per heavy atom. The number of rotatable bonds is 8. The van der Waals surface area contributed by atoms with Crippen molar-refractivity contribution in [2.45, 2.75) is 45.6 Å². The van der Waals surface area contributed by atoms with Gasteiger partial charge in [-0.1, -0.05) is 12.1 Å². The summed E-state index contributed by atoms with van der Waals surface area (Å²) >= 11 is 0. The molecule has 22 heavy (non-hydrogen) atoms. The lowest BCUT2D eigenvalue weighted by molar-refractivity contribution is -0.385. The van der Waals surface area contributed by atoms with Gasteiger partial charge in [-0.15, -0.1) is 0 Å². The Bertz CT molecular complexity index is 571. The number of unbranched alkanes of at least 4 members (excludes halogenated alkanes) is 1. The zero-order valence-electron chi connectivity index (χ0n) is 12.7. The van der Waals surface area contributed by atoms with E-state index in [1.165, 1.54) is 6.07 Å². The van der Waals surface area contributed by atoms with Crippen molar-refractivity contribution in [1.82, 2.24) is 5.32 Å². The first-order valence-electron chi connectivity index (χ1n) is 7.07. The summed E-state index contributed by atoms with van der Waals surface area (Å²) in [5.74, 6) is -1.07. The van der Waals surface area contributed by atoms with Crippen molar-refractivity contribution in [3.05, 3.63) is 39.4 Å². The van der Waals surface area contributed by atoms with Crippen molar-refractivity contribution < 1.29 is 19.6 Å². The lowest BCUT2D eigenvalue weighted by Crippen LogP contribution is -2.26. The van der Waals surface area contributed by atoms with Crippen LogP contribution in [0.3, 0.4) is 0 Å². The number of hydrogen-bond acceptors (Lipinski definition) is 4. The van der Waals surface area contributed by atoms with Gasteiger partial charge in [0.05, 0.1) is 11.0 Å². The number of aryl methyl sites for hydroxylation is 1. The highest BCUT2D eigenvalue weighted by Gasteiger charge is 2.15. The van der Waals surface area contributed by atoms with E-state index >= 15 is 0 Å². The van der Waals surface area contributed by atoms with E-state index in [0.717, 1.165) is 0 Å². The molecule has 1 unspecified atom stereocenters. The van der Waals surface area contributed by atoms with Crippen molar-refractivity contribution in [3.63, 3.8) is 0 Å². The second-order valence-corrected chi connectivity index (χ2v) is 5.19. The average molecular weight is 308 g/mol. The molecule has 0 aliphatic rings. The van der Waals surface area contributed by atoms with Gasteiger partial charge in [-0.2, -0.15) is 0 Å². The minimum absolute atomic E-state index is 0.0278. The average Bonchev–Trinajstić information content (AvgIpc) is 2.43. The molecule has 0 fully saturated rings. The molecular weight excluding hydrogens is 288 g/mol. The number of benzene rings is 1. The van der Waals surface area contributed by atoms with Gasteiger partial charge in [0.15, 0.2) is 0 Å². The van der Waals surface area contributed by atoms with Crippen LogP contribution in [0.4, 0.5) is 5.69 Å². The highest BCUT2D eigenvalue weighted by Crippen LogP contribution is 2.23. The molecule has 0 saturated carbocycles. The van der Waals surface area contributed by atoms with E-state index in [2.05, 4.69) is 5.32 Å². The van der Waals surface area contributed by atoms with E-state index in [1.54, 1.807) is 26.0 Å². The van der Waals surface area contributed by atoms with Crippen LogP contribution < -0.4 is 5.32 Å². The molecule has 0 heterocycles. The van der Waals surface area contributed by atoms with Gasteiger partial charge in [0.2, 0.25) is 5.91 Å². The molecule has 0 aromatic heterocycles. The zero-order valence-corrected chi connectivity index (χ0v) is 12.7. The second-order valence-electron chi connectivity index (χ2n) is 5.19. The Kier molecular flexibility index (Phi) is 6.49. The van der Waals surface area contributed by atoms with Crippen molar-refractivity contribution >= 4 is 17.6 Å². The van der Waals surface area contributed by atoms with Crippen LogP contribution in [0.25, 0.3) is 0 Å².